The largest absolute Gasteiger partial charge is 0.290 e. The van der Waals surface area contributed by atoms with Crippen molar-refractivity contribution in [3.63, 3.8) is 0 Å². The molecule has 102 valence electrons. The van der Waals surface area contributed by atoms with E-state index in [9.17, 15) is 13.2 Å². The van der Waals surface area contributed by atoms with Crippen molar-refractivity contribution in [3.05, 3.63) is 34.4 Å². The minimum absolute atomic E-state index is 0.0678. The zero-order valence-corrected chi connectivity index (χ0v) is 11.2. The second-order valence-corrected chi connectivity index (χ2v) is 7.36. The van der Waals surface area contributed by atoms with Crippen LogP contribution in [0.1, 0.15) is 18.7 Å². The third kappa shape index (κ3) is 2.70. The number of nitrogens with zero attached hydrogens (tertiary/aromatic N) is 2. The number of hydrogen-bond acceptors (Lipinski definition) is 4. The van der Waals surface area contributed by atoms with Crippen LogP contribution in [-0.4, -0.2) is 34.5 Å². The Hall–Kier alpha value is -1.63. The number of H-pyrrole nitrogens is 1. The van der Waals surface area contributed by atoms with Crippen LogP contribution in [0.5, 0.6) is 0 Å². The van der Waals surface area contributed by atoms with Gasteiger partial charge in [0.2, 0.25) is 0 Å². The number of aromatic nitrogens is 3. The molecule has 6 nitrogen and oxygen atoms in total. The lowest BCUT2D eigenvalue weighted by Gasteiger charge is -2.20. The summed E-state index contributed by atoms with van der Waals surface area (Å²) in [5.41, 5.74) is 0.535. The van der Waals surface area contributed by atoms with Gasteiger partial charge in [0.25, 0.3) is 0 Å². The van der Waals surface area contributed by atoms with Crippen molar-refractivity contribution in [2.24, 2.45) is 5.92 Å². The van der Waals surface area contributed by atoms with Crippen molar-refractivity contribution < 1.29 is 8.42 Å². The molecule has 1 aliphatic rings. The van der Waals surface area contributed by atoms with E-state index >= 15 is 0 Å². The first-order valence-electron chi connectivity index (χ1n) is 6.30. The number of rotatable bonds is 2. The molecule has 0 aliphatic carbocycles. The standard InChI is InChI=1S/C12H15N3O3S/c16-10-1-4-15-12(8-10)13-11(14-15)7-9-2-5-19(17,18)6-3-9/h1,4,8-9H,2-3,5-7H2,(H,13,14). The molecule has 0 atom stereocenters. The maximum atomic E-state index is 11.4. The van der Waals surface area contributed by atoms with Gasteiger partial charge in [-0.05, 0) is 18.8 Å². The monoisotopic (exact) mass is 281 g/mol. The Morgan fingerprint density at radius 1 is 1.37 bits per heavy atom. The van der Waals surface area contributed by atoms with Gasteiger partial charge in [-0.25, -0.2) is 17.9 Å². The molecule has 3 rings (SSSR count). The first kappa shape index (κ1) is 12.4. The van der Waals surface area contributed by atoms with Gasteiger partial charge in [-0.1, -0.05) is 0 Å². The molecule has 3 heterocycles. The quantitative estimate of drug-likeness (QED) is 0.863. The van der Waals surface area contributed by atoms with Crippen LogP contribution in [0.25, 0.3) is 5.65 Å². The highest BCUT2D eigenvalue weighted by Gasteiger charge is 2.24. The molecule has 1 aliphatic heterocycles. The summed E-state index contributed by atoms with van der Waals surface area (Å²) in [7, 11) is -2.82. The molecule has 1 fully saturated rings. The summed E-state index contributed by atoms with van der Waals surface area (Å²) in [6.07, 6.45) is 3.76. The van der Waals surface area contributed by atoms with Gasteiger partial charge in [0, 0.05) is 24.8 Å². The molecule has 0 bridgehead atoms. The van der Waals surface area contributed by atoms with E-state index in [0.29, 0.717) is 24.4 Å². The molecule has 0 radical (unpaired) electrons. The van der Waals surface area contributed by atoms with Gasteiger partial charge in [-0.2, -0.15) is 0 Å². The van der Waals surface area contributed by atoms with E-state index in [1.807, 2.05) is 0 Å². The summed E-state index contributed by atoms with van der Waals surface area (Å²) in [5.74, 6) is 1.69. The molecule has 2 aromatic rings. The molecule has 1 saturated heterocycles. The zero-order valence-electron chi connectivity index (χ0n) is 10.4. The Kier molecular flexibility index (Phi) is 2.93. The van der Waals surface area contributed by atoms with Gasteiger partial charge in [-0.3, -0.25) is 9.89 Å². The molecule has 0 aromatic carbocycles. The van der Waals surface area contributed by atoms with Gasteiger partial charge in [-0.15, -0.1) is 0 Å². The lowest BCUT2D eigenvalue weighted by molar-refractivity contribution is 0.454. The molecule has 1 N–H and O–H groups in total. The average Bonchev–Trinajstić information content (AvgIpc) is 2.73. The van der Waals surface area contributed by atoms with E-state index in [4.69, 9.17) is 0 Å². The number of sulfone groups is 1. The van der Waals surface area contributed by atoms with Gasteiger partial charge >= 0.3 is 0 Å². The lowest BCUT2D eigenvalue weighted by atomic mass is 9.99. The van der Waals surface area contributed by atoms with Crippen LogP contribution in [0.2, 0.25) is 0 Å². The third-order valence-corrected chi connectivity index (χ3v) is 5.28. The van der Waals surface area contributed by atoms with Crippen molar-refractivity contribution in [1.82, 2.24) is 14.6 Å². The van der Waals surface area contributed by atoms with E-state index in [1.165, 1.54) is 12.1 Å². The summed E-state index contributed by atoms with van der Waals surface area (Å²) in [5, 5.41) is 3.11. The SMILES string of the molecule is O=c1ccn2[nH]c(CC3CCS(=O)(=O)CC3)nc2c1. The van der Waals surface area contributed by atoms with Crippen molar-refractivity contribution in [3.8, 4) is 0 Å². The second-order valence-electron chi connectivity index (χ2n) is 5.06. The molecule has 0 saturated carbocycles. The highest BCUT2D eigenvalue weighted by atomic mass is 32.2. The van der Waals surface area contributed by atoms with Crippen molar-refractivity contribution in [1.29, 1.82) is 0 Å². The number of nitrogens with one attached hydrogen (secondary N) is 1. The molecular formula is C12H15N3O3S. The summed E-state index contributed by atoms with van der Waals surface area (Å²) < 4.78 is 24.4. The first-order chi connectivity index (χ1) is 9.02. The minimum Gasteiger partial charge on any atom is -0.290 e. The second kappa shape index (κ2) is 4.48. The minimum atomic E-state index is -2.82. The highest BCUT2D eigenvalue weighted by Crippen LogP contribution is 2.21. The highest BCUT2D eigenvalue weighted by molar-refractivity contribution is 7.91. The fourth-order valence-corrected chi connectivity index (χ4v) is 4.05. The number of hydrogen-bond donors (Lipinski definition) is 1. The Morgan fingerprint density at radius 2 is 2.11 bits per heavy atom. The predicted molar refractivity (Wildman–Crippen MR) is 70.9 cm³/mol. The Bertz CT molecular complexity index is 746. The van der Waals surface area contributed by atoms with E-state index in [1.54, 1.807) is 10.7 Å². The van der Waals surface area contributed by atoms with Gasteiger partial charge in [0.1, 0.15) is 15.7 Å². The van der Waals surface area contributed by atoms with Crippen LogP contribution < -0.4 is 5.43 Å². The van der Waals surface area contributed by atoms with Crippen LogP contribution >= 0.6 is 0 Å². The molecular weight excluding hydrogens is 266 g/mol. The van der Waals surface area contributed by atoms with Crippen LogP contribution in [0.4, 0.5) is 0 Å². The van der Waals surface area contributed by atoms with Crippen molar-refractivity contribution in [2.45, 2.75) is 19.3 Å². The number of pyridine rings is 1. The Labute approximate surface area is 110 Å². The van der Waals surface area contributed by atoms with E-state index < -0.39 is 9.84 Å². The van der Waals surface area contributed by atoms with Crippen LogP contribution in [0.3, 0.4) is 0 Å². The lowest BCUT2D eigenvalue weighted by Crippen LogP contribution is -2.24. The normalized spacial score (nSPS) is 19.8. The van der Waals surface area contributed by atoms with Crippen LogP contribution in [0.15, 0.2) is 23.1 Å². The van der Waals surface area contributed by atoms with E-state index in [-0.39, 0.29) is 16.9 Å². The van der Waals surface area contributed by atoms with Gasteiger partial charge < -0.3 is 0 Å². The summed E-state index contributed by atoms with van der Waals surface area (Å²) in [6, 6.07) is 2.95. The summed E-state index contributed by atoms with van der Waals surface area (Å²) >= 11 is 0. The predicted octanol–water partition coefficient (Wildman–Crippen LogP) is 0.390. The molecule has 0 spiro atoms. The Morgan fingerprint density at radius 3 is 2.84 bits per heavy atom. The molecule has 19 heavy (non-hydrogen) atoms. The van der Waals surface area contributed by atoms with Gasteiger partial charge in [0.15, 0.2) is 11.1 Å². The molecule has 7 heteroatoms. The molecule has 2 aromatic heterocycles. The maximum Gasteiger partial charge on any atom is 0.183 e. The van der Waals surface area contributed by atoms with Crippen molar-refractivity contribution >= 4 is 15.5 Å². The van der Waals surface area contributed by atoms with Gasteiger partial charge in [0.05, 0.1) is 11.5 Å². The maximum absolute atomic E-state index is 11.4. The summed E-state index contributed by atoms with van der Waals surface area (Å²) in [6.45, 7) is 0. The Balaban J connectivity index is 1.77. The zero-order chi connectivity index (χ0) is 13.5. The fourth-order valence-electron chi connectivity index (χ4n) is 2.46. The van der Waals surface area contributed by atoms with Crippen LogP contribution in [-0.2, 0) is 16.3 Å². The smallest absolute Gasteiger partial charge is 0.183 e. The van der Waals surface area contributed by atoms with E-state index in [2.05, 4.69) is 10.1 Å². The first-order valence-corrected chi connectivity index (χ1v) is 8.12. The third-order valence-electron chi connectivity index (χ3n) is 3.56. The van der Waals surface area contributed by atoms with Crippen LogP contribution in [0, 0.1) is 5.92 Å². The van der Waals surface area contributed by atoms with Crippen molar-refractivity contribution in [2.75, 3.05) is 11.5 Å². The molecule has 0 unspecified atom stereocenters. The fraction of sp³-hybridized carbons (Fsp3) is 0.500. The number of aromatic amines is 1. The average molecular weight is 281 g/mol. The van der Waals surface area contributed by atoms with E-state index in [0.717, 1.165) is 12.2 Å². The summed E-state index contributed by atoms with van der Waals surface area (Å²) in [4.78, 5) is 15.6. The number of fused-ring (bicyclic) bond motifs is 1. The topological polar surface area (TPSA) is 84.3 Å². The molecule has 0 amide bonds.